The molecule has 0 unspecified atom stereocenters. The number of nitrogens with zero attached hydrogens (tertiary/aromatic N) is 2. The Morgan fingerprint density at radius 1 is 0.935 bits per heavy atom. The first-order valence-electron chi connectivity index (χ1n) is 9.46. The third-order valence-corrected chi connectivity index (χ3v) is 4.22. The predicted octanol–water partition coefficient (Wildman–Crippen LogP) is 3.05. The van der Waals surface area contributed by atoms with Crippen LogP contribution in [0.2, 0.25) is 0 Å². The van der Waals surface area contributed by atoms with Crippen molar-refractivity contribution < 1.29 is 19.7 Å². The van der Waals surface area contributed by atoms with E-state index in [0.29, 0.717) is 30.3 Å². The van der Waals surface area contributed by atoms with Gasteiger partial charge in [0.25, 0.3) is 0 Å². The molecule has 0 bridgehead atoms. The van der Waals surface area contributed by atoms with Crippen LogP contribution in [0.15, 0.2) is 73.2 Å². The molecule has 9 heteroatoms. The summed E-state index contributed by atoms with van der Waals surface area (Å²) in [6.07, 6.45) is 4.65. The number of hydrogen-bond donors (Lipinski definition) is 3. The van der Waals surface area contributed by atoms with E-state index in [-0.39, 0.29) is 44.1 Å². The maximum absolute atomic E-state index is 10.1. The lowest BCUT2D eigenvalue weighted by Gasteiger charge is -2.19. The highest BCUT2D eigenvalue weighted by atomic mass is 35.5. The Morgan fingerprint density at radius 2 is 1.68 bits per heavy atom. The van der Waals surface area contributed by atoms with Gasteiger partial charge in [-0.1, -0.05) is 30.3 Å². The van der Waals surface area contributed by atoms with Crippen molar-refractivity contribution in [1.82, 2.24) is 15.3 Å². The lowest BCUT2D eigenvalue weighted by atomic mass is 10.1. The van der Waals surface area contributed by atoms with Crippen LogP contribution in [-0.4, -0.2) is 52.1 Å². The number of aliphatic hydroxyl groups excluding tert-OH is 2. The van der Waals surface area contributed by atoms with Crippen molar-refractivity contribution >= 4 is 24.8 Å². The van der Waals surface area contributed by atoms with Crippen LogP contribution in [0.1, 0.15) is 5.56 Å². The van der Waals surface area contributed by atoms with E-state index in [1.807, 2.05) is 54.6 Å². The molecule has 168 valence electrons. The Kier molecular flexibility index (Phi) is 12.5. The third-order valence-electron chi connectivity index (χ3n) is 4.22. The average molecular weight is 468 g/mol. The molecule has 3 N–H and O–H groups in total. The number of para-hydroxylation sites is 1. The maximum Gasteiger partial charge on any atom is 0.237 e. The van der Waals surface area contributed by atoms with Gasteiger partial charge >= 0.3 is 0 Å². The molecule has 0 fully saturated rings. The number of benzene rings is 2. The van der Waals surface area contributed by atoms with Gasteiger partial charge in [-0.25, -0.2) is 4.98 Å². The van der Waals surface area contributed by atoms with E-state index in [2.05, 4.69) is 15.3 Å². The molecule has 0 saturated carbocycles. The number of nitrogens with one attached hydrogen (secondary N) is 1. The van der Waals surface area contributed by atoms with Crippen LogP contribution in [0, 0.1) is 0 Å². The Balaban J connectivity index is 0.00000240. The van der Waals surface area contributed by atoms with Crippen LogP contribution in [0.4, 0.5) is 0 Å². The summed E-state index contributed by atoms with van der Waals surface area (Å²) in [4.78, 5) is 8.03. The molecule has 0 radical (unpaired) electrons. The molecule has 0 aliphatic heterocycles. The van der Waals surface area contributed by atoms with E-state index in [1.165, 1.54) is 0 Å². The van der Waals surface area contributed by atoms with Gasteiger partial charge in [0.1, 0.15) is 24.2 Å². The summed E-state index contributed by atoms with van der Waals surface area (Å²) >= 11 is 0. The molecule has 0 aliphatic rings. The minimum atomic E-state index is -0.674. The number of rotatable bonds is 11. The first-order valence-corrected chi connectivity index (χ1v) is 9.46. The van der Waals surface area contributed by atoms with Gasteiger partial charge in [0.05, 0.1) is 12.8 Å². The molecule has 0 spiro atoms. The van der Waals surface area contributed by atoms with Crippen molar-refractivity contribution in [1.29, 1.82) is 0 Å². The van der Waals surface area contributed by atoms with Crippen molar-refractivity contribution in [3.05, 3.63) is 78.8 Å². The second-order valence-corrected chi connectivity index (χ2v) is 6.56. The molecule has 2 aromatic carbocycles. The fraction of sp³-hybridized carbons (Fsp3) is 0.273. The highest BCUT2D eigenvalue weighted by Gasteiger charge is 2.12. The van der Waals surface area contributed by atoms with Gasteiger partial charge < -0.3 is 25.0 Å². The SMILES string of the molecule is Cl.Cl.OC[C@H](Cc1ccc(Oc2cnccn2)cc1)NC[C@H](O)COc1ccccc1. The van der Waals surface area contributed by atoms with Crippen molar-refractivity contribution in [2.24, 2.45) is 0 Å². The first kappa shape index (κ1) is 26.6. The van der Waals surface area contributed by atoms with Gasteiger partial charge in [0.2, 0.25) is 5.88 Å². The van der Waals surface area contributed by atoms with Gasteiger partial charge in [-0.3, -0.25) is 4.98 Å². The quantitative estimate of drug-likeness (QED) is 0.398. The fourth-order valence-corrected chi connectivity index (χ4v) is 2.71. The number of hydrogen-bond acceptors (Lipinski definition) is 7. The van der Waals surface area contributed by atoms with Crippen LogP contribution in [0.5, 0.6) is 17.4 Å². The van der Waals surface area contributed by atoms with Gasteiger partial charge in [-0.05, 0) is 36.2 Å². The second kappa shape index (κ2) is 14.6. The minimum Gasteiger partial charge on any atom is -0.491 e. The molecule has 7 nitrogen and oxygen atoms in total. The number of aliphatic hydroxyl groups is 2. The number of halogens is 2. The van der Waals surface area contributed by atoms with Crippen LogP contribution < -0.4 is 14.8 Å². The molecule has 0 saturated heterocycles. The highest BCUT2D eigenvalue weighted by Crippen LogP contribution is 2.19. The van der Waals surface area contributed by atoms with Crippen LogP contribution in [0.3, 0.4) is 0 Å². The molecule has 1 heterocycles. The molecule has 0 amide bonds. The van der Waals surface area contributed by atoms with Gasteiger partial charge in [0, 0.05) is 25.0 Å². The molecule has 2 atom stereocenters. The summed E-state index contributed by atoms with van der Waals surface area (Å²) in [5.74, 6) is 1.81. The summed E-state index contributed by atoms with van der Waals surface area (Å²) in [5.41, 5.74) is 1.04. The van der Waals surface area contributed by atoms with Crippen LogP contribution in [0.25, 0.3) is 0 Å². The molecule has 3 rings (SSSR count). The van der Waals surface area contributed by atoms with Crippen molar-refractivity contribution in [2.45, 2.75) is 18.6 Å². The second-order valence-electron chi connectivity index (χ2n) is 6.56. The molecular formula is C22H27Cl2N3O4. The molecule has 1 aromatic heterocycles. The van der Waals surface area contributed by atoms with Crippen molar-refractivity contribution in [3.8, 4) is 17.4 Å². The topological polar surface area (TPSA) is 96.7 Å². The predicted molar refractivity (Wildman–Crippen MR) is 124 cm³/mol. The molecule has 31 heavy (non-hydrogen) atoms. The van der Waals surface area contributed by atoms with Crippen molar-refractivity contribution in [3.63, 3.8) is 0 Å². The normalized spacial score (nSPS) is 12.1. The highest BCUT2D eigenvalue weighted by molar-refractivity contribution is 5.85. The lowest BCUT2D eigenvalue weighted by Crippen LogP contribution is -2.41. The van der Waals surface area contributed by atoms with E-state index in [4.69, 9.17) is 9.47 Å². The molecular weight excluding hydrogens is 441 g/mol. The van der Waals surface area contributed by atoms with Gasteiger partial charge in [-0.15, -0.1) is 24.8 Å². The monoisotopic (exact) mass is 467 g/mol. The lowest BCUT2D eigenvalue weighted by molar-refractivity contribution is 0.0997. The molecule has 0 aliphatic carbocycles. The van der Waals surface area contributed by atoms with E-state index in [0.717, 1.165) is 5.56 Å². The number of ether oxygens (including phenoxy) is 2. The minimum absolute atomic E-state index is 0. The Bertz CT molecular complexity index is 842. The van der Waals surface area contributed by atoms with E-state index in [1.54, 1.807) is 18.6 Å². The van der Waals surface area contributed by atoms with E-state index < -0.39 is 6.10 Å². The third kappa shape index (κ3) is 9.50. The van der Waals surface area contributed by atoms with Crippen molar-refractivity contribution in [2.75, 3.05) is 19.8 Å². The summed E-state index contributed by atoms with van der Waals surface area (Å²) in [5, 5.41) is 22.9. The van der Waals surface area contributed by atoms with Crippen LogP contribution >= 0.6 is 24.8 Å². The Morgan fingerprint density at radius 3 is 2.32 bits per heavy atom. The summed E-state index contributed by atoms with van der Waals surface area (Å²) in [6.45, 7) is 0.472. The Labute approximate surface area is 194 Å². The summed E-state index contributed by atoms with van der Waals surface area (Å²) in [6, 6.07) is 16.7. The van der Waals surface area contributed by atoms with E-state index in [9.17, 15) is 10.2 Å². The average Bonchev–Trinajstić information content (AvgIpc) is 2.78. The zero-order chi connectivity index (χ0) is 20.3. The van der Waals surface area contributed by atoms with Gasteiger partial charge in [0.15, 0.2) is 0 Å². The standard InChI is InChI=1S/C22H25N3O4.2ClH/c26-15-18(25-13-19(27)16-28-20-4-2-1-3-5-20)12-17-6-8-21(9-7-17)29-22-14-23-10-11-24-22;;/h1-11,14,18-19,25-27H,12-13,15-16H2;2*1H/t18-,19-;;/m0../s1. The Hall–Kier alpha value is -2.42. The zero-order valence-electron chi connectivity index (χ0n) is 16.8. The number of aromatic nitrogens is 2. The molecule has 3 aromatic rings. The summed E-state index contributed by atoms with van der Waals surface area (Å²) in [7, 11) is 0. The largest absolute Gasteiger partial charge is 0.491 e. The maximum atomic E-state index is 10.1. The zero-order valence-corrected chi connectivity index (χ0v) is 18.5. The van der Waals surface area contributed by atoms with E-state index >= 15 is 0 Å². The first-order chi connectivity index (χ1) is 14.2. The fourth-order valence-electron chi connectivity index (χ4n) is 2.71. The smallest absolute Gasteiger partial charge is 0.237 e. The van der Waals surface area contributed by atoms with Gasteiger partial charge in [-0.2, -0.15) is 0 Å². The summed E-state index contributed by atoms with van der Waals surface area (Å²) < 4.78 is 11.2. The van der Waals surface area contributed by atoms with Crippen LogP contribution in [-0.2, 0) is 6.42 Å².